The van der Waals surface area contributed by atoms with Gasteiger partial charge in [0, 0.05) is 55.0 Å². The van der Waals surface area contributed by atoms with Crippen LogP contribution in [0.15, 0.2) is 48.8 Å². The molecule has 4 heterocycles. The van der Waals surface area contributed by atoms with Crippen LogP contribution in [0.1, 0.15) is 16.8 Å². The molecule has 0 spiro atoms. The average Bonchev–Trinajstić information content (AvgIpc) is 3.44. The van der Waals surface area contributed by atoms with E-state index in [0.29, 0.717) is 13.1 Å². The average molecular weight is 463 g/mol. The molecule has 1 saturated heterocycles. The molecule has 170 valence electrons. The van der Waals surface area contributed by atoms with Gasteiger partial charge in [0.05, 0.1) is 5.39 Å². The maximum absolute atomic E-state index is 13.2. The monoisotopic (exact) mass is 462 g/mol. The number of anilines is 1. The third-order valence-corrected chi connectivity index (χ3v) is 6.52. The van der Waals surface area contributed by atoms with Crippen molar-refractivity contribution in [1.82, 2.24) is 24.2 Å². The molecule has 0 saturated carbocycles. The highest BCUT2D eigenvalue weighted by molar-refractivity contribution is 6.30. The van der Waals surface area contributed by atoms with Crippen LogP contribution in [0, 0.1) is 20.8 Å². The van der Waals surface area contributed by atoms with E-state index >= 15 is 0 Å². The van der Waals surface area contributed by atoms with Gasteiger partial charge >= 0.3 is 0 Å². The molecule has 8 heteroatoms. The Bertz CT molecular complexity index is 1320. The first kappa shape index (κ1) is 21.5. The third kappa shape index (κ3) is 4.09. The molecule has 3 aromatic heterocycles. The fourth-order valence-corrected chi connectivity index (χ4v) is 4.77. The second-order valence-electron chi connectivity index (χ2n) is 8.65. The van der Waals surface area contributed by atoms with Crippen molar-refractivity contribution >= 4 is 34.2 Å². The number of hydrogen-bond donors (Lipinski definition) is 0. The molecular weight excluding hydrogens is 436 g/mol. The number of benzene rings is 1. The topological polar surface area (TPSA) is 59.2 Å². The van der Waals surface area contributed by atoms with Gasteiger partial charge in [-0.3, -0.25) is 4.79 Å². The summed E-state index contributed by atoms with van der Waals surface area (Å²) in [7, 11) is 0. The maximum Gasteiger partial charge on any atom is 0.244 e. The standard InChI is InChI=1S/C25H27ClN6O/c1-17-6-7-20(26)15-21(17)29-10-12-30(13-11-29)22(33)16-32-24-23(18(2)14-19(3)27-24)25(28-32)31-8-4-5-9-31/h4-9,14-15H,10-13,16H2,1-3H3. The van der Waals surface area contributed by atoms with E-state index in [1.54, 1.807) is 4.68 Å². The molecule has 5 rings (SSSR count). The third-order valence-electron chi connectivity index (χ3n) is 6.29. The molecule has 0 aliphatic carbocycles. The predicted octanol–water partition coefficient (Wildman–Crippen LogP) is 4.15. The molecule has 4 aromatic rings. The zero-order valence-corrected chi connectivity index (χ0v) is 19.9. The lowest BCUT2D eigenvalue weighted by Crippen LogP contribution is -2.49. The minimum atomic E-state index is 0.0573. The van der Waals surface area contributed by atoms with Gasteiger partial charge < -0.3 is 14.4 Å². The second kappa shape index (κ2) is 8.56. The van der Waals surface area contributed by atoms with E-state index in [1.165, 1.54) is 5.56 Å². The van der Waals surface area contributed by atoms with Crippen molar-refractivity contribution in [3.63, 3.8) is 0 Å². The van der Waals surface area contributed by atoms with Crippen molar-refractivity contribution in [2.45, 2.75) is 27.3 Å². The Labute approximate surface area is 198 Å². The lowest BCUT2D eigenvalue weighted by Gasteiger charge is -2.37. The number of aryl methyl sites for hydroxylation is 3. The summed E-state index contributed by atoms with van der Waals surface area (Å²) >= 11 is 6.21. The van der Waals surface area contributed by atoms with Crippen molar-refractivity contribution in [1.29, 1.82) is 0 Å². The first-order valence-electron chi connectivity index (χ1n) is 11.2. The molecule has 0 bridgehead atoms. The summed E-state index contributed by atoms with van der Waals surface area (Å²) in [5, 5.41) is 6.51. The van der Waals surface area contributed by atoms with Crippen LogP contribution in [-0.4, -0.2) is 56.3 Å². The normalized spacial score (nSPS) is 14.3. The second-order valence-corrected chi connectivity index (χ2v) is 9.09. The highest BCUT2D eigenvalue weighted by atomic mass is 35.5. The highest BCUT2D eigenvalue weighted by Gasteiger charge is 2.24. The molecule has 1 fully saturated rings. The minimum Gasteiger partial charge on any atom is -0.368 e. The van der Waals surface area contributed by atoms with Crippen molar-refractivity contribution < 1.29 is 4.79 Å². The molecule has 0 atom stereocenters. The SMILES string of the molecule is Cc1cc(C)c2c(-n3cccc3)nn(CC(=O)N3CCN(c4cc(Cl)ccc4C)CC3)c2n1. The summed E-state index contributed by atoms with van der Waals surface area (Å²) < 4.78 is 3.72. The summed E-state index contributed by atoms with van der Waals surface area (Å²) in [6.07, 6.45) is 3.93. The lowest BCUT2D eigenvalue weighted by molar-refractivity contribution is -0.132. The van der Waals surface area contributed by atoms with Gasteiger partial charge in [0.1, 0.15) is 6.54 Å². The van der Waals surface area contributed by atoms with Crippen molar-refractivity contribution in [2.24, 2.45) is 0 Å². The van der Waals surface area contributed by atoms with Crippen LogP contribution >= 0.6 is 11.6 Å². The van der Waals surface area contributed by atoms with Gasteiger partial charge in [-0.15, -0.1) is 0 Å². The minimum absolute atomic E-state index is 0.0573. The molecule has 1 amide bonds. The number of halogens is 1. The zero-order chi connectivity index (χ0) is 23.1. The molecule has 0 radical (unpaired) electrons. The van der Waals surface area contributed by atoms with Gasteiger partial charge in [-0.2, -0.15) is 5.10 Å². The van der Waals surface area contributed by atoms with Gasteiger partial charge in [-0.1, -0.05) is 17.7 Å². The fourth-order valence-electron chi connectivity index (χ4n) is 4.61. The van der Waals surface area contributed by atoms with Crippen LogP contribution in [0.4, 0.5) is 5.69 Å². The van der Waals surface area contributed by atoms with Crippen molar-refractivity contribution in [3.8, 4) is 5.82 Å². The number of amides is 1. The number of piperazine rings is 1. The first-order valence-corrected chi connectivity index (χ1v) is 11.6. The Morgan fingerprint density at radius 2 is 1.73 bits per heavy atom. The molecule has 0 unspecified atom stereocenters. The van der Waals surface area contributed by atoms with E-state index in [9.17, 15) is 4.79 Å². The number of nitrogens with zero attached hydrogens (tertiary/aromatic N) is 6. The Morgan fingerprint density at radius 1 is 1.00 bits per heavy atom. The summed E-state index contributed by atoms with van der Waals surface area (Å²) in [6, 6.07) is 11.9. The van der Waals surface area contributed by atoms with Crippen LogP contribution in [0.5, 0.6) is 0 Å². The molecule has 33 heavy (non-hydrogen) atoms. The quantitative estimate of drug-likeness (QED) is 0.457. The van der Waals surface area contributed by atoms with E-state index in [1.807, 2.05) is 59.1 Å². The summed E-state index contributed by atoms with van der Waals surface area (Å²) in [6.45, 7) is 9.18. The highest BCUT2D eigenvalue weighted by Crippen LogP contribution is 2.27. The molecule has 0 N–H and O–H groups in total. The Kier molecular flexibility index (Phi) is 5.58. The lowest BCUT2D eigenvalue weighted by atomic mass is 10.1. The number of fused-ring (bicyclic) bond motifs is 1. The predicted molar refractivity (Wildman–Crippen MR) is 131 cm³/mol. The number of rotatable bonds is 4. The van der Waals surface area contributed by atoms with E-state index in [4.69, 9.17) is 21.7 Å². The van der Waals surface area contributed by atoms with Crippen LogP contribution in [-0.2, 0) is 11.3 Å². The number of carbonyl (C=O) groups is 1. The van der Waals surface area contributed by atoms with E-state index in [0.717, 1.165) is 51.9 Å². The molecule has 7 nitrogen and oxygen atoms in total. The van der Waals surface area contributed by atoms with E-state index in [-0.39, 0.29) is 12.5 Å². The van der Waals surface area contributed by atoms with E-state index < -0.39 is 0 Å². The largest absolute Gasteiger partial charge is 0.368 e. The smallest absolute Gasteiger partial charge is 0.244 e. The van der Waals surface area contributed by atoms with Crippen molar-refractivity contribution in [2.75, 3.05) is 31.1 Å². The molecule has 1 aliphatic rings. The van der Waals surface area contributed by atoms with Crippen LogP contribution in [0.3, 0.4) is 0 Å². The number of carbonyl (C=O) groups excluding carboxylic acids is 1. The Balaban J connectivity index is 1.36. The Morgan fingerprint density at radius 3 is 2.45 bits per heavy atom. The van der Waals surface area contributed by atoms with Gasteiger partial charge in [0.25, 0.3) is 0 Å². The van der Waals surface area contributed by atoms with Crippen LogP contribution < -0.4 is 4.90 Å². The molecular formula is C25H27ClN6O. The van der Waals surface area contributed by atoms with Crippen molar-refractivity contribution in [3.05, 3.63) is 70.6 Å². The fraction of sp³-hybridized carbons (Fsp3) is 0.320. The maximum atomic E-state index is 13.2. The van der Waals surface area contributed by atoms with Gasteiger partial charge in [-0.05, 0) is 62.2 Å². The number of aromatic nitrogens is 4. The van der Waals surface area contributed by atoms with Gasteiger partial charge in [-0.25, -0.2) is 9.67 Å². The summed E-state index contributed by atoms with van der Waals surface area (Å²) in [4.78, 5) is 22.2. The first-order chi connectivity index (χ1) is 15.9. The number of hydrogen-bond acceptors (Lipinski definition) is 4. The Hall–Kier alpha value is -3.32. The van der Waals surface area contributed by atoms with Crippen LogP contribution in [0.25, 0.3) is 16.9 Å². The zero-order valence-electron chi connectivity index (χ0n) is 19.1. The number of pyridine rings is 1. The van der Waals surface area contributed by atoms with Crippen LogP contribution in [0.2, 0.25) is 5.02 Å². The van der Waals surface area contributed by atoms with Gasteiger partial charge in [0.2, 0.25) is 5.91 Å². The summed E-state index contributed by atoms with van der Waals surface area (Å²) in [5.41, 5.74) is 5.09. The molecule has 1 aliphatic heterocycles. The molecule has 1 aromatic carbocycles. The van der Waals surface area contributed by atoms with Gasteiger partial charge in [0.15, 0.2) is 11.5 Å². The van der Waals surface area contributed by atoms with E-state index in [2.05, 4.69) is 24.8 Å². The summed E-state index contributed by atoms with van der Waals surface area (Å²) in [5.74, 6) is 0.857.